The molecule has 2 nitrogen and oxygen atoms in total. The smallest absolute Gasteiger partial charge is 0.202 e. The molecule has 5 unspecified atom stereocenters. The molecule has 0 radical (unpaired) electrons. The minimum absolute atomic E-state index is 0.0652. The van der Waals surface area contributed by atoms with Crippen LogP contribution in [-0.4, -0.2) is 12.9 Å². The normalized spacial score (nSPS) is 28.4. The summed E-state index contributed by atoms with van der Waals surface area (Å²) in [4.78, 5) is 0. The number of hydrogen-bond donors (Lipinski definition) is 0. The highest BCUT2D eigenvalue weighted by molar-refractivity contribution is 5.30. The second-order valence-corrected chi connectivity index (χ2v) is 11.4. The zero-order valence-corrected chi connectivity index (χ0v) is 21.1. The van der Waals surface area contributed by atoms with Gasteiger partial charge in [-0.25, -0.2) is 0 Å². The van der Waals surface area contributed by atoms with E-state index in [4.69, 9.17) is 9.47 Å². The SMILES string of the molecule is CCC(c1ccc(OC(OCCC2CCCCC2)C2CCC3CCCCC32)cc1)C(C)C. The summed E-state index contributed by atoms with van der Waals surface area (Å²) < 4.78 is 13.2. The third-order valence-corrected chi connectivity index (χ3v) is 9.08. The topological polar surface area (TPSA) is 18.5 Å². The first kappa shape index (κ1) is 24.1. The third-order valence-electron chi connectivity index (χ3n) is 9.08. The van der Waals surface area contributed by atoms with Crippen LogP contribution in [0, 0.1) is 29.6 Å². The molecule has 1 aromatic rings. The molecule has 0 amide bonds. The molecule has 2 heteroatoms. The quantitative estimate of drug-likeness (QED) is 0.339. The lowest BCUT2D eigenvalue weighted by Gasteiger charge is -2.34. The van der Waals surface area contributed by atoms with Gasteiger partial charge in [0.25, 0.3) is 0 Å². The van der Waals surface area contributed by atoms with E-state index in [1.165, 1.54) is 89.0 Å². The number of hydrogen-bond acceptors (Lipinski definition) is 2. The Labute approximate surface area is 197 Å². The van der Waals surface area contributed by atoms with Crippen molar-refractivity contribution in [3.63, 3.8) is 0 Å². The fraction of sp³-hybridized carbons (Fsp3) is 0.800. The van der Waals surface area contributed by atoms with Gasteiger partial charge in [-0.3, -0.25) is 0 Å². The van der Waals surface area contributed by atoms with Gasteiger partial charge in [-0.15, -0.1) is 0 Å². The lowest BCUT2D eigenvalue weighted by atomic mass is 9.78. The van der Waals surface area contributed by atoms with Crippen molar-refractivity contribution in [2.45, 2.75) is 116 Å². The van der Waals surface area contributed by atoms with Crippen molar-refractivity contribution in [3.05, 3.63) is 29.8 Å². The van der Waals surface area contributed by atoms with Gasteiger partial charge in [0.1, 0.15) is 5.75 Å². The van der Waals surface area contributed by atoms with Gasteiger partial charge in [-0.2, -0.15) is 0 Å². The van der Waals surface area contributed by atoms with Crippen molar-refractivity contribution in [3.8, 4) is 5.75 Å². The Morgan fingerprint density at radius 3 is 2.28 bits per heavy atom. The molecular weight excluding hydrogens is 392 g/mol. The summed E-state index contributed by atoms with van der Waals surface area (Å²) in [6.07, 6.45) is 17.7. The molecule has 0 N–H and O–H groups in total. The van der Waals surface area contributed by atoms with Crippen molar-refractivity contribution >= 4 is 0 Å². The monoisotopic (exact) mass is 440 g/mol. The molecule has 0 spiro atoms. The summed E-state index contributed by atoms with van der Waals surface area (Å²) in [5, 5.41) is 0. The Morgan fingerprint density at radius 1 is 0.844 bits per heavy atom. The maximum Gasteiger partial charge on any atom is 0.202 e. The van der Waals surface area contributed by atoms with Crippen molar-refractivity contribution in [2.75, 3.05) is 6.61 Å². The molecule has 5 atom stereocenters. The van der Waals surface area contributed by atoms with Gasteiger partial charge in [0.2, 0.25) is 6.29 Å². The maximum absolute atomic E-state index is 6.64. The summed E-state index contributed by atoms with van der Waals surface area (Å²) in [5.74, 6) is 5.47. The van der Waals surface area contributed by atoms with Crippen molar-refractivity contribution in [1.82, 2.24) is 0 Å². The lowest BCUT2D eigenvalue weighted by molar-refractivity contribution is -0.131. The van der Waals surface area contributed by atoms with E-state index in [0.717, 1.165) is 30.1 Å². The Balaban J connectivity index is 1.41. The second kappa shape index (κ2) is 11.9. The molecule has 0 saturated heterocycles. The van der Waals surface area contributed by atoms with Crippen LogP contribution in [0.15, 0.2) is 24.3 Å². The molecule has 180 valence electrons. The predicted molar refractivity (Wildman–Crippen MR) is 134 cm³/mol. The first-order valence-corrected chi connectivity index (χ1v) is 14.0. The van der Waals surface area contributed by atoms with E-state index < -0.39 is 0 Å². The minimum Gasteiger partial charge on any atom is -0.465 e. The first-order valence-electron chi connectivity index (χ1n) is 14.0. The van der Waals surface area contributed by atoms with Gasteiger partial charge in [0.15, 0.2) is 0 Å². The van der Waals surface area contributed by atoms with E-state index in [0.29, 0.717) is 17.8 Å². The van der Waals surface area contributed by atoms with Crippen LogP contribution in [0.2, 0.25) is 0 Å². The molecule has 32 heavy (non-hydrogen) atoms. The number of benzene rings is 1. The van der Waals surface area contributed by atoms with E-state index in [1.807, 2.05) is 0 Å². The molecule has 0 aromatic heterocycles. The molecule has 3 aliphatic rings. The van der Waals surface area contributed by atoms with Crippen LogP contribution in [0.5, 0.6) is 5.75 Å². The van der Waals surface area contributed by atoms with Gasteiger partial charge < -0.3 is 9.47 Å². The largest absolute Gasteiger partial charge is 0.465 e. The second-order valence-electron chi connectivity index (χ2n) is 11.4. The highest BCUT2D eigenvalue weighted by atomic mass is 16.7. The van der Waals surface area contributed by atoms with Crippen LogP contribution in [0.3, 0.4) is 0 Å². The zero-order chi connectivity index (χ0) is 22.3. The summed E-state index contributed by atoms with van der Waals surface area (Å²) >= 11 is 0. The van der Waals surface area contributed by atoms with E-state index in [2.05, 4.69) is 45.0 Å². The number of fused-ring (bicyclic) bond motifs is 1. The number of rotatable bonds is 10. The minimum atomic E-state index is -0.0652. The highest BCUT2D eigenvalue weighted by Crippen LogP contribution is 2.48. The van der Waals surface area contributed by atoms with Gasteiger partial charge >= 0.3 is 0 Å². The summed E-state index contributed by atoms with van der Waals surface area (Å²) in [6.45, 7) is 7.82. The van der Waals surface area contributed by atoms with Crippen LogP contribution >= 0.6 is 0 Å². The van der Waals surface area contributed by atoms with Crippen LogP contribution in [0.1, 0.15) is 116 Å². The zero-order valence-electron chi connectivity index (χ0n) is 21.1. The van der Waals surface area contributed by atoms with E-state index in [1.54, 1.807) is 0 Å². The summed E-state index contributed by atoms with van der Waals surface area (Å²) in [7, 11) is 0. The highest BCUT2D eigenvalue weighted by Gasteiger charge is 2.42. The first-order chi connectivity index (χ1) is 15.7. The molecular formula is C30H48O2. The predicted octanol–water partition coefficient (Wildman–Crippen LogP) is 8.74. The molecule has 0 aliphatic heterocycles. The molecule has 4 rings (SSSR count). The van der Waals surface area contributed by atoms with Crippen molar-refractivity contribution in [1.29, 1.82) is 0 Å². The molecule has 0 bridgehead atoms. The van der Waals surface area contributed by atoms with E-state index in [-0.39, 0.29) is 6.29 Å². The maximum atomic E-state index is 6.64. The molecule has 0 heterocycles. The van der Waals surface area contributed by atoms with Gasteiger partial charge in [0, 0.05) is 5.92 Å². The van der Waals surface area contributed by atoms with Crippen LogP contribution < -0.4 is 4.74 Å². The van der Waals surface area contributed by atoms with Gasteiger partial charge in [-0.05, 0) is 79.4 Å². The number of ether oxygens (including phenoxy) is 2. The Morgan fingerprint density at radius 2 is 1.56 bits per heavy atom. The standard InChI is InChI=1S/C30H48O2/c1-4-27(22(2)3)25-14-17-26(18-15-25)32-30(31-21-20-23-10-6-5-7-11-23)29-19-16-24-12-8-9-13-28(24)29/h14-15,17-18,22-24,27-30H,4-13,16,19-21H2,1-3H3. The van der Waals surface area contributed by atoms with E-state index >= 15 is 0 Å². The van der Waals surface area contributed by atoms with Gasteiger partial charge in [0.05, 0.1) is 6.61 Å². The Kier molecular flexibility index (Phi) is 8.98. The Bertz CT molecular complexity index is 660. The fourth-order valence-electron chi connectivity index (χ4n) is 7.21. The summed E-state index contributed by atoms with van der Waals surface area (Å²) in [6, 6.07) is 8.98. The lowest BCUT2D eigenvalue weighted by Crippen LogP contribution is -2.35. The average molecular weight is 441 g/mol. The third kappa shape index (κ3) is 6.10. The van der Waals surface area contributed by atoms with Crippen LogP contribution in [-0.2, 0) is 4.74 Å². The molecule has 3 saturated carbocycles. The average Bonchev–Trinajstić information content (AvgIpc) is 3.24. The Hall–Kier alpha value is -1.02. The molecule has 3 aliphatic carbocycles. The summed E-state index contributed by atoms with van der Waals surface area (Å²) in [5.41, 5.74) is 1.44. The van der Waals surface area contributed by atoms with Crippen LogP contribution in [0.25, 0.3) is 0 Å². The molecule has 3 fully saturated rings. The van der Waals surface area contributed by atoms with Crippen molar-refractivity contribution in [2.24, 2.45) is 29.6 Å². The fourth-order valence-corrected chi connectivity index (χ4v) is 7.21. The van der Waals surface area contributed by atoms with E-state index in [9.17, 15) is 0 Å². The van der Waals surface area contributed by atoms with Crippen molar-refractivity contribution < 1.29 is 9.47 Å². The molecule has 1 aromatic carbocycles. The van der Waals surface area contributed by atoms with Crippen LogP contribution in [0.4, 0.5) is 0 Å². The van der Waals surface area contributed by atoms with Gasteiger partial charge in [-0.1, -0.05) is 84.3 Å².